The fourth-order valence-electron chi connectivity index (χ4n) is 2.00. The van der Waals surface area contributed by atoms with Crippen LogP contribution in [0.25, 0.3) is 0 Å². The SMILES string of the molecule is CCN1CCN(c2ccc(Br)cc2)[C@H](F)C1. The minimum absolute atomic E-state index is 0.507. The van der Waals surface area contributed by atoms with E-state index < -0.39 is 6.30 Å². The lowest BCUT2D eigenvalue weighted by Crippen LogP contribution is -2.51. The smallest absolute Gasteiger partial charge is 0.185 e. The van der Waals surface area contributed by atoms with E-state index in [0.717, 1.165) is 29.8 Å². The number of nitrogens with zero attached hydrogens (tertiary/aromatic N) is 2. The van der Waals surface area contributed by atoms with Crippen molar-refractivity contribution in [2.24, 2.45) is 0 Å². The number of halogens is 2. The summed E-state index contributed by atoms with van der Waals surface area (Å²) in [5.41, 5.74) is 0.964. The van der Waals surface area contributed by atoms with Crippen LogP contribution in [0.4, 0.5) is 10.1 Å². The Labute approximate surface area is 104 Å². The molecule has 88 valence electrons. The maximum absolute atomic E-state index is 13.9. The topological polar surface area (TPSA) is 6.48 Å². The van der Waals surface area contributed by atoms with Crippen LogP contribution in [0.5, 0.6) is 0 Å². The number of benzene rings is 1. The van der Waals surface area contributed by atoms with Crippen LogP contribution >= 0.6 is 15.9 Å². The summed E-state index contributed by atoms with van der Waals surface area (Å²) in [5, 5.41) is 0. The average Bonchev–Trinajstić information content (AvgIpc) is 2.30. The lowest BCUT2D eigenvalue weighted by atomic mass is 10.2. The molecule has 2 nitrogen and oxygen atoms in total. The first-order chi connectivity index (χ1) is 7.70. The largest absolute Gasteiger partial charge is 0.340 e. The molecule has 1 heterocycles. The molecule has 1 aromatic carbocycles. The highest BCUT2D eigenvalue weighted by Crippen LogP contribution is 2.23. The third-order valence-corrected chi connectivity index (χ3v) is 3.54. The number of anilines is 1. The van der Waals surface area contributed by atoms with Gasteiger partial charge in [-0.1, -0.05) is 22.9 Å². The summed E-state index contributed by atoms with van der Waals surface area (Å²) in [6.45, 7) is 5.20. The Balaban J connectivity index is 2.08. The highest BCUT2D eigenvalue weighted by Gasteiger charge is 2.25. The van der Waals surface area contributed by atoms with Gasteiger partial charge in [0.2, 0.25) is 0 Å². The molecule has 4 heteroatoms. The average molecular weight is 287 g/mol. The molecule has 0 bridgehead atoms. The summed E-state index contributed by atoms with van der Waals surface area (Å²) in [6, 6.07) is 7.82. The van der Waals surface area contributed by atoms with Crippen LogP contribution in [0.3, 0.4) is 0 Å². The maximum Gasteiger partial charge on any atom is 0.185 e. The van der Waals surface area contributed by atoms with Gasteiger partial charge in [0.15, 0.2) is 6.30 Å². The number of hydrogen-bond donors (Lipinski definition) is 0. The molecule has 1 aliphatic heterocycles. The van der Waals surface area contributed by atoms with E-state index >= 15 is 0 Å². The van der Waals surface area contributed by atoms with Crippen molar-refractivity contribution in [2.75, 3.05) is 31.1 Å². The van der Waals surface area contributed by atoms with Crippen molar-refractivity contribution in [1.29, 1.82) is 0 Å². The summed E-state index contributed by atoms with van der Waals surface area (Å²) >= 11 is 3.38. The van der Waals surface area contributed by atoms with E-state index in [1.165, 1.54) is 0 Å². The van der Waals surface area contributed by atoms with E-state index in [4.69, 9.17) is 0 Å². The van der Waals surface area contributed by atoms with Gasteiger partial charge in [0.25, 0.3) is 0 Å². The molecule has 0 unspecified atom stereocenters. The fraction of sp³-hybridized carbons (Fsp3) is 0.500. The molecule has 1 saturated heterocycles. The molecule has 0 N–H and O–H groups in total. The summed E-state index contributed by atoms with van der Waals surface area (Å²) in [7, 11) is 0. The maximum atomic E-state index is 13.9. The third kappa shape index (κ3) is 2.55. The van der Waals surface area contributed by atoms with Gasteiger partial charge < -0.3 is 4.90 Å². The van der Waals surface area contributed by atoms with Gasteiger partial charge in [-0.3, -0.25) is 4.90 Å². The molecule has 0 saturated carbocycles. The second-order valence-corrected chi connectivity index (χ2v) is 4.91. The van der Waals surface area contributed by atoms with Gasteiger partial charge in [-0.2, -0.15) is 0 Å². The molecular weight excluding hydrogens is 271 g/mol. The minimum Gasteiger partial charge on any atom is -0.340 e. The third-order valence-electron chi connectivity index (χ3n) is 3.01. The molecule has 2 rings (SSSR count). The van der Waals surface area contributed by atoms with Crippen molar-refractivity contribution in [2.45, 2.75) is 13.2 Å². The van der Waals surface area contributed by atoms with Crippen LogP contribution in [0, 0.1) is 0 Å². The minimum atomic E-state index is -0.894. The fourth-order valence-corrected chi connectivity index (χ4v) is 2.27. The predicted molar refractivity (Wildman–Crippen MR) is 68.5 cm³/mol. The number of likely N-dealkylation sites (N-methyl/N-ethyl adjacent to an activating group) is 1. The number of hydrogen-bond acceptors (Lipinski definition) is 2. The van der Waals surface area contributed by atoms with Gasteiger partial charge in [0.05, 0.1) is 0 Å². The van der Waals surface area contributed by atoms with Crippen LogP contribution in [0.2, 0.25) is 0 Å². The molecule has 1 atom stereocenters. The Kier molecular flexibility index (Phi) is 3.82. The highest BCUT2D eigenvalue weighted by molar-refractivity contribution is 9.10. The Morgan fingerprint density at radius 2 is 2.00 bits per heavy atom. The summed E-state index contributed by atoms with van der Waals surface area (Å²) < 4.78 is 15.0. The van der Waals surface area contributed by atoms with Gasteiger partial charge >= 0.3 is 0 Å². The molecule has 0 aliphatic carbocycles. The van der Waals surface area contributed by atoms with Crippen LogP contribution < -0.4 is 4.90 Å². The second-order valence-electron chi connectivity index (χ2n) is 4.00. The van der Waals surface area contributed by atoms with E-state index in [-0.39, 0.29) is 0 Å². The molecule has 0 aromatic heterocycles. The van der Waals surface area contributed by atoms with Crippen molar-refractivity contribution < 1.29 is 4.39 Å². The summed E-state index contributed by atoms with van der Waals surface area (Å²) in [6.07, 6.45) is -0.894. The van der Waals surface area contributed by atoms with Crippen molar-refractivity contribution in [3.05, 3.63) is 28.7 Å². The number of alkyl halides is 1. The predicted octanol–water partition coefficient (Wildman–Crippen LogP) is 2.89. The van der Waals surface area contributed by atoms with E-state index in [0.29, 0.717) is 6.54 Å². The van der Waals surface area contributed by atoms with Crippen LogP contribution in [-0.2, 0) is 0 Å². The number of piperazine rings is 1. The molecule has 0 radical (unpaired) electrons. The zero-order valence-electron chi connectivity index (χ0n) is 9.37. The van der Waals surface area contributed by atoms with Crippen molar-refractivity contribution in [3.63, 3.8) is 0 Å². The van der Waals surface area contributed by atoms with Crippen molar-refractivity contribution in [1.82, 2.24) is 4.90 Å². The molecule has 16 heavy (non-hydrogen) atoms. The first-order valence-electron chi connectivity index (χ1n) is 5.59. The van der Waals surface area contributed by atoms with Crippen LogP contribution in [0.1, 0.15) is 6.92 Å². The highest BCUT2D eigenvalue weighted by atomic mass is 79.9. The molecule has 0 amide bonds. The quantitative estimate of drug-likeness (QED) is 0.772. The van der Waals surface area contributed by atoms with Gasteiger partial charge in [0.1, 0.15) is 0 Å². The Hall–Kier alpha value is -0.610. The van der Waals surface area contributed by atoms with Gasteiger partial charge in [-0.15, -0.1) is 0 Å². The Bertz CT molecular complexity index is 341. The zero-order valence-corrected chi connectivity index (χ0v) is 11.0. The molecular formula is C12H16BrFN2. The number of rotatable bonds is 2. The summed E-state index contributed by atoms with van der Waals surface area (Å²) in [5.74, 6) is 0. The first kappa shape index (κ1) is 11.9. The van der Waals surface area contributed by atoms with Gasteiger partial charge in [-0.25, -0.2) is 4.39 Å². The van der Waals surface area contributed by atoms with Crippen LogP contribution in [0.15, 0.2) is 28.7 Å². The first-order valence-corrected chi connectivity index (χ1v) is 6.38. The van der Waals surface area contributed by atoms with Gasteiger partial charge in [-0.05, 0) is 30.8 Å². The monoisotopic (exact) mass is 286 g/mol. The lowest BCUT2D eigenvalue weighted by Gasteiger charge is -2.38. The second kappa shape index (κ2) is 5.15. The molecule has 1 aliphatic rings. The van der Waals surface area contributed by atoms with Crippen LogP contribution in [-0.4, -0.2) is 37.4 Å². The van der Waals surface area contributed by atoms with E-state index in [1.54, 1.807) is 0 Å². The normalized spacial score (nSPS) is 22.4. The molecule has 0 spiro atoms. The van der Waals surface area contributed by atoms with E-state index in [1.807, 2.05) is 29.2 Å². The zero-order chi connectivity index (χ0) is 11.5. The Morgan fingerprint density at radius 3 is 2.56 bits per heavy atom. The molecule has 1 aromatic rings. The van der Waals surface area contributed by atoms with E-state index in [9.17, 15) is 4.39 Å². The van der Waals surface area contributed by atoms with Crippen molar-refractivity contribution >= 4 is 21.6 Å². The standard InChI is InChI=1S/C12H16BrFN2/c1-2-15-7-8-16(12(14)9-15)11-5-3-10(13)4-6-11/h3-6,12H,2,7-9H2,1H3/t12-/m0/s1. The van der Waals surface area contributed by atoms with Crippen molar-refractivity contribution in [3.8, 4) is 0 Å². The lowest BCUT2D eigenvalue weighted by molar-refractivity contribution is 0.158. The van der Waals surface area contributed by atoms with E-state index in [2.05, 4.69) is 27.8 Å². The van der Waals surface area contributed by atoms with Gasteiger partial charge in [0, 0.05) is 29.8 Å². The Morgan fingerprint density at radius 1 is 1.31 bits per heavy atom. The molecule has 1 fully saturated rings. The summed E-state index contributed by atoms with van der Waals surface area (Å²) in [4.78, 5) is 3.97.